The quantitative estimate of drug-likeness (QED) is 0.824. The van der Waals surface area contributed by atoms with E-state index in [-0.39, 0.29) is 5.82 Å². The van der Waals surface area contributed by atoms with E-state index in [0.717, 1.165) is 11.5 Å². The third-order valence-electron chi connectivity index (χ3n) is 3.56. The first-order valence-corrected chi connectivity index (χ1v) is 6.21. The molecule has 2 N–H and O–H groups in total. The van der Waals surface area contributed by atoms with Gasteiger partial charge in [0.15, 0.2) is 0 Å². The Labute approximate surface area is 102 Å². The zero-order valence-electron chi connectivity index (χ0n) is 10.4. The molecule has 0 spiro atoms. The van der Waals surface area contributed by atoms with Crippen molar-refractivity contribution in [3.8, 4) is 0 Å². The van der Waals surface area contributed by atoms with Crippen molar-refractivity contribution in [1.29, 1.82) is 0 Å². The minimum atomic E-state index is -0.948. The first-order valence-electron chi connectivity index (χ1n) is 6.21. The lowest BCUT2D eigenvalue weighted by molar-refractivity contribution is 0.0536. The standard InChI is InChI=1S/C14H20FNO/c1-10(11-3-4-11)16-9-14(2,17)12-5-7-13(15)8-6-12/h5-8,10-11,16-17H,3-4,9H2,1-2H3. The van der Waals surface area contributed by atoms with E-state index in [2.05, 4.69) is 12.2 Å². The number of hydrogen-bond donors (Lipinski definition) is 2. The van der Waals surface area contributed by atoms with E-state index in [4.69, 9.17) is 0 Å². The molecule has 0 bridgehead atoms. The molecule has 94 valence electrons. The predicted molar refractivity (Wildman–Crippen MR) is 66.2 cm³/mol. The van der Waals surface area contributed by atoms with Gasteiger partial charge in [-0.05, 0) is 50.3 Å². The van der Waals surface area contributed by atoms with Crippen molar-refractivity contribution in [3.63, 3.8) is 0 Å². The summed E-state index contributed by atoms with van der Waals surface area (Å²) in [6.07, 6.45) is 2.57. The van der Waals surface area contributed by atoms with Crippen LogP contribution >= 0.6 is 0 Å². The summed E-state index contributed by atoms with van der Waals surface area (Å²) in [6, 6.07) is 6.49. The van der Waals surface area contributed by atoms with Crippen LogP contribution in [-0.2, 0) is 5.60 Å². The summed E-state index contributed by atoms with van der Waals surface area (Å²) < 4.78 is 12.8. The van der Waals surface area contributed by atoms with Gasteiger partial charge in [-0.15, -0.1) is 0 Å². The number of nitrogens with one attached hydrogen (secondary N) is 1. The molecule has 1 aliphatic rings. The zero-order valence-corrected chi connectivity index (χ0v) is 10.4. The Morgan fingerprint density at radius 1 is 1.41 bits per heavy atom. The first kappa shape index (κ1) is 12.5. The molecule has 2 nitrogen and oxygen atoms in total. The summed E-state index contributed by atoms with van der Waals surface area (Å²) >= 11 is 0. The number of aliphatic hydroxyl groups is 1. The Bertz CT molecular complexity index is 370. The van der Waals surface area contributed by atoms with Crippen LogP contribution in [0.5, 0.6) is 0 Å². The van der Waals surface area contributed by atoms with Gasteiger partial charge in [0.05, 0.1) is 5.60 Å². The lowest BCUT2D eigenvalue weighted by Crippen LogP contribution is -2.40. The highest BCUT2D eigenvalue weighted by molar-refractivity contribution is 5.22. The Hall–Kier alpha value is -0.930. The van der Waals surface area contributed by atoms with Crippen LogP contribution < -0.4 is 5.32 Å². The molecule has 0 saturated heterocycles. The maximum atomic E-state index is 12.8. The third kappa shape index (κ3) is 3.27. The van der Waals surface area contributed by atoms with Crippen molar-refractivity contribution >= 4 is 0 Å². The summed E-state index contributed by atoms with van der Waals surface area (Å²) in [7, 11) is 0. The van der Waals surface area contributed by atoms with E-state index in [1.807, 2.05) is 0 Å². The Morgan fingerprint density at radius 2 is 2.00 bits per heavy atom. The van der Waals surface area contributed by atoms with Gasteiger partial charge in [0, 0.05) is 12.6 Å². The number of rotatable bonds is 5. The maximum Gasteiger partial charge on any atom is 0.123 e. The van der Waals surface area contributed by atoms with Crippen LogP contribution in [0.1, 0.15) is 32.3 Å². The minimum Gasteiger partial charge on any atom is -0.384 e. The zero-order chi connectivity index (χ0) is 12.5. The summed E-state index contributed by atoms with van der Waals surface area (Å²) in [5, 5.41) is 13.7. The second-order valence-electron chi connectivity index (χ2n) is 5.29. The molecular formula is C14H20FNO. The van der Waals surface area contributed by atoms with Crippen LogP contribution in [0.2, 0.25) is 0 Å². The van der Waals surface area contributed by atoms with Gasteiger partial charge >= 0.3 is 0 Å². The normalized spacial score (nSPS) is 20.9. The van der Waals surface area contributed by atoms with Gasteiger partial charge in [0.2, 0.25) is 0 Å². The van der Waals surface area contributed by atoms with Crippen molar-refractivity contribution in [2.75, 3.05) is 6.54 Å². The van der Waals surface area contributed by atoms with Crippen molar-refractivity contribution in [1.82, 2.24) is 5.32 Å². The number of benzene rings is 1. The van der Waals surface area contributed by atoms with Crippen LogP contribution in [0.25, 0.3) is 0 Å². The van der Waals surface area contributed by atoms with Crippen LogP contribution in [0.4, 0.5) is 4.39 Å². The van der Waals surface area contributed by atoms with Crippen molar-refractivity contribution in [2.24, 2.45) is 5.92 Å². The fourth-order valence-electron chi connectivity index (χ4n) is 2.03. The molecule has 1 saturated carbocycles. The van der Waals surface area contributed by atoms with Gasteiger partial charge in [-0.1, -0.05) is 12.1 Å². The Balaban J connectivity index is 1.94. The van der Waals surface area contributed by atoms with Crippen LogP contribution in [-0.4, -0.2) is 17.7 Å². The molecule has 0 amide bonds. The summed E-state index contributed by atoms with van der Waals surface area (Å²) in [5.41, 5.74) is -0.203. The van der Waals surface area contributed by atoms with Gasteiger partial charge < -0.3 is 10.4 Å². The van der Waals surface area contributed by atoms with Crippen LogP contribution in [0.3, 0.4) is 0 Å². The average molecular weight is 237 g/mol. The van der Waals surface area contributed by atoms with Gasteiger partial charge in [0.1, 0.15) is 5.82 Å². The second kappa shape index (κ2) is 4.75. The molecule has 2 unspecified atom stereocenters. The molecule has 0 aromatic heterocycles. The smallest absolute Gasteiger partial charge is 0.123 e. The van der Waals surface area contributed by atoms with E-state index < -0.39 is 5.60 Å². The molecule has 17 heavy (non-hydrogen) atoms. The van der Waals surface area contributed by atoms with E-state index in [1.165, 1.54) is 25.0 Å². The topological polar surface area (TPSA) is 32.3 Å². The van der Waals surface area contributed by atoms with Crippen molar-refractivity contribution in [2.45, 2.75) is 38.3 Å². The largest absolute Gasteiger partial charge is 0.384 e. The molecule has 3 heteroatoms. The van der Waals surface area contributed by atoms with Gasteiger partial charge in [-0.2, -0.15) is 0 Å². The lowest BCUT2D eigenvalue weighted by Gasteiger charge is -2.26. The van der Waals surface area contributed by atoms with E-state index in [1.54, 1.807) is 19.1 Å². The molecule has 0 aliphatic heterocycles. The van der Waals surface area contributed by atoms with E-state index >= 15 is 0 Å². The predicted octanol–water partition coefficient (Wildman–Crippen LogP) is 2.42. The number of hydrogen-bond acceptors (Lipinski definition) is 2. The molecule has 2 atom stereocenters. The van der Waals surface area contributed by atoms with Gasteiger partial charge in [-0.3, -0.25) is 0 Å². The molecule has 2 rings (SSSR count). The minimum absolute atomic E-state index is 0.274. The molecule has 1 aliphatic carbocycles. The van der Waals surface area contributed by atoms with Crippen molar-refractivity contribution < 1.29 is 9.50 Å². The van der Waals surface area contributed by atoms with Crippen molar-refractivity contribution in [3.05, 3.63) is 35.6 Å². The van der Waals surface area contributed by atoms with Gasteiger partial charge in [-0.25, -0.2) is 4.39 Å². The highest BCUT2D eigenvalue weighted by atomic mass is 19.1. The molecule has 1 fully saturated rings. The molecule has 0 heterocycles. The highest BCUT2D eigenvalue weighted by Crippen LogP contribution is 2.32. The SMILES string of the molecule is CC(NCC(C)(O)c1ccc(F)cc1)C1CC1. The lowest BCUT2D eigenvalue weighted by atomic mass is 9.95. The van der Waals surface area contributed by atoms with Crippen LogP contribution in [0.15, 0.2) is 24.3 Å². The number of halogens is 1. The average Bonchev–Trinajstić information content (AvgIpc) is 3.10. The molecular weight excluding hydrogens is 217 g/mol. The first-order chi connectivity index (χ1) is 7.99. The van der Waals surface area contributed by atoms with E-state index in [9.17, 15) is 9.50 Å². The second-order valence-corrected chi connectivity index (χ2v) is 5.29. The molecule has 1 aromatic carbocycles. The summed E-state index contributed by atoms with van der Waals surface area (Å²) in [4.78, 5) is 0. The van der Waals surface area contributed by atoms with Gasteiger partial charge in [0.25, 0.3) is 0 Å². The third-order valence-corrected chi connectivity index (χ3v) is 3.56. The summed E-state index contributed by atoms with van der Waals surface area (Å²) in [5.74, 6) is 0.489. The van der Waals surface area contributed by atoms with Crippen LogP contribution in [0, 0.1) is 11.7 Å². The monoisotopic (exact) mass is 237 g/mol. The molecule has 0 radical (unpaired) electrons. The molecule has 1 aromatic rings. The Kier molecular flexibility index (Phi) is 3.50. The Morgan fingerprint density at radius 3 is 2.53 bits per heavy atom. The summed E-state index contributed by atoms with van der Waals surface area (Å²) in [6.45, 7) is 4.40. The van der Waals surface area contributed by atoms with E-state index in [0.29, 0.717) is 12.6 Å². The fraction of sp³-hybridized carbons (Fsp3) is 0.571. The fourth-order valence-corrected chi connectivity index (χ4v) is 2.03. The maximum absolute atomic E-state index is 12.8. The highest BCUT2D eigenvalue weighted by Gasteiger charge is 2.30.